The Bertz CT molecular complexity index is 987. The van der Waals surface area contributed by atoms with E-state index in [-0.39, 0.29) is 23.0 Å². The van der Waals surface area contributed by atoms with E-state index in [4.69, 9.17) is 4.74 Å². The number of nitro groups is 1. The summed E-state index contributed by atoms with van der Waals surface area (Å²) in [5, 5.41) is 30.5. The van der Waals surface area contributed by atoms with Crippen molar-refractivity contribution in [2.24, 2.45) is 5.92 Å². The number of fused-ring (bicyclic) bond motifs is 1. The molecule has 0 spiro atoms. The van der Waals surface area contributed by atoms with Crippen LogP contribution in [0, 0.1) is 38.7 Å². The van der Waals surface area contributed by atoms with Crippen molar-refractivity contribution >= 4 is 17.3 Å². The largest absolute Gasteiger partial charge is 0.497 e. The maximum absolute atomic E-state index is 11.4. The Morgan fingerprint density at radius 2 is 1.93 bits per heavy atom. The Morgan fingerprint density at radius 3 is 2.54 bits per heavy atom. The standard InChI is InChI=1S/C21H17N3O3S/c1-27-16-8-6-14(7-9-16)18(12-24(25)26)19-13-28-20-5-3-2-4-17(20)21(19)15(10-22)11-23/h2-9,18-19H,12-13H2,1H3/t18?,19-/m0/s1. The number of rotatable bonds is 5. The number of hydrogen-bond donors (Lipinski definition) is 0. The Hall–Kier alpha value is -3.29. The molecule has 6 nitrogen and oxygen atoms in total. The molecule has 0 fully saturated rings. The third kappa shape index (κ3) is 3.85. The van der Waals surface area contributed by atoms with Crippen LogP contribution < -0.4 is 4.74 Å². The highest BCUT2D eigenvalue weighted by molar-refractivity contribution is 7.99. The molecule has 1 aliphatic rings. The summed E-state index contributed by atoms with van der Waals surface area (Å²) in [6, 6.07) is 18.7. The summed E-state index contributed by atoms with van der Waals surface area (Å²) in [6.07, 6.45) is 0. The number of ether oxygens (including phenoxy) is 1. The van der Waals surface area contributed by atoms with Crippen LogP contribution in [0.3, 0.4) is 0 Å². The van der Waals surface area contributed by atoms with E-state index in [1.54, 1.807) is 31.0 Å². The molecular formula is C21H17N3O3S. The van der Waals surface area contributed by atoms with Gasteiger partial charge in [-0.1, -0.05) is 30.3 Å². The van der Waals surface area contributed by atoms with Crippen molar-refractivity contribution in [1.29, 1.82) is 10.5 Å². The van der Waals surface area contributed by atoms with Crippen LogP contribution in [0.1, 0.15) is 17.0 Å². The molecule has 2 atom stereocenters. The zero-order valence-electron chi connectivity index (χ0n) is 15.2. The predicted molar refractivity (Wildman–Crippen MR) is 106 cm³/mol. The summed E-state index contributed by atoms with van der Waals surface area (Å²) in [6.45, 7) is -0.284. The molecule has 1 unspecified atom stereocenters. The second kappa shape index (κ2) is 8.60. The van der Waals surface area contributed by atoms with Crippen LogP contribution in [-0.2, 0) is 0 Å². The second-order valence-corrected chi connectivity index (χ2v) is 7.38. The van der Waals surface area contributed by atoms with Crippen molar-refractivity contribution < 1.29 is 9.66 Å². The van der Waals surface area contributed by atoms with Crippen LogP contribution in [0.25, 0.3) is 5.57 Å². The van der Waals surface area contributed by atoms with Gasteiger partial charge in [-0.25, -0.2) is 0 Å². The van der Waals surface area contributed by atoms with Crippen molar-refractivity contribution in [3.63, 3.8) is 0 Å². The van der Waals surface area contributed by atoms with Gasteiger partial charge in [0.25, 0.3) is 0 Å². The van der Waals surface area contributed by atoms with Crippen LogP contribution in [0.2, 0.25) is 0 Å². The van der Waals surface area contributed by atoms with Crippen LogP contribution in [0.15, 0.2) is 59.0 Å². The van der Waals surface area contributed by atoms with Gasteiger partial charge < -0.3 is 4.74 Å². The van der Waals surface area contributed by atoms with E-state index < -0.39 is 5.92 Å². The summed E-state index contributed by atoms with van der Waals surface area (Å²) in [5.74, 6) is 0.433. The van der Waals surface area contributed by atoms with Crippen molar-refractivity contribution in [2.45, 2.75) is 10.8 Å². The van der Waals surface area contributed by atoms with Crippen molar-refractivity contribution in [2.75, 3.05) is 19.4 Å². The molecule has 0 radical (unpaired) electrons. The second-order valence-electron chi connectivity index (χ2n) is 6.32. The van der Waals surface area contributed by atoms with Gasteiger partial charge in [0.2, 0.25) is 6.54 Å². The fraction of sp³-hybridized carbons (Fsp3) is 0.238. The van der Waals surface area contributed by atoms with Crippen LogP contribution >= 0.6 is 11.8 Å². The molecule has 2 aromatic rings. The summed E-state index contributed by atoms with van der Waals surface area (Å²) in [4.78, 5) is 12.1. The zero-order chi connectivity index (χ0) is 20.1. The highest BCUT2D eigenvalue weighted by Crippen LogP contribution is 2.47. The van der Waals surface area contributed by atoms with Gasteiger partial charge in [-0.3, -0.25) is 10.1 Å². The number of thioether (sulfide) groups is 1. The lowest BCUT2D eigenvalue weighted by atomic mass is 9.77. The van der Waals surface area contributed by atoms with Crippen molar-refractivity contribution in [3.05, 3.63) is 75.3 Å². The first-order chi connectivity index (χ1) is 13.6. The summed E-state index contributed by atoms with van der Waals surface area (Å²) in [7, 11) is 1.56. The molecule has 0 bridgehead atoms. The minimum atomic E-state index is -0.464. The molecule has 3 rings (SSSR count). The van der Waals surface area contributed by atoms with E-state index in [1.807, 2.05) is 48.5 Å². The first-order valence-corrected chi connectivity index (χ1v) is 9.60. The first-order valence-electron chi connectivity index (χ1n) is 8.61. The molecule has 28 heavy (non-hydrogen) atoms. The molecule has 1 aliphatic heterocycles. The predicted octanol–water partition coefficient (Wildman–Crippen LogP) is 4.28. The van der Waals surface area contributed by atoms with E-state index in [2.05, 4.69) is 0 Å². The molecule has 0 aromatic heterocycles. The first kappa shape index (κ1) is 19.5. The van der Waals surface area contributed by atoms with E-state index in [9.17, 15) is 20.6 Å². The average Bonchev–Trinajstić information content (AvgIpc) is 2.73. The normalized spacial score (nSPS) is 16.2. The fourth-order valence-electron chi connectivity index (χ4n) is 3.54. The molecule has 2 aromatic carbocycles. The summed E-state index contributed by atoms with van der Waals surface area (Å²) < 4.78 is 5.18. The average molecular weight is 391 g/mol. The maximum atomic E-state index is 11.4. The van der Waals surface area contributed by atoms with Gasteiger partial charge in [-0.15, -0.1) is 11.8 Å². The smallest absolute Gasteiger partial charge is 0.211 e. The number of nitriles is 2. The fourth-order valence-corrected chi connectivity index (χ4v) is 4.80. The molecule has 7 heteroatoms. The molecule has 140 valence electrons. The van der Waals surface area contributed by atoms with E-state index in [0.29, 0.717) is 17.1 Å². The Labute approximate surface area is 167 Å². The van der Waals surface area contributed by atoms with Crippen LogP contribution in [0.5, 0.6) is 5.75 Å². The lowest BCUT2D eigenvalue weighted by Gasteiger charge is -2.32. The van der Waals surface area contributed by atoms with Gasteiger partial charge in [0.1, 0.15) is 23.5 Å². The van der Waals surface area contributed by atoms with Gasteiger partial charge in [-0.05, 0) is 34.9 Å². The maximum Gasteiger partial charge on any atom is 0.211 e. The minimum Gasteiger partial charge on any atom is -0.497 e. The topological polar surface area (TPSA) is 99.9 Å². The summed E-state index contributed by atoms with van der Waals surface area (Å²) >= 11 is 1.60. The third-order valence-corrected chi connectivity index (χ3v) is 6.03. The Morgan fingerprint density at radius 1 is 1.25 bits per heavy atom. The number of allylic oxidation sites excluding steroid dienone is 2. The van der Waals surface area contributed by atoms with E-state index in [1.165, 1.54) is 0 Å². The third-order valence-electron chi connectivity index (χ3n) is 4.83. The molecule has 1 heterocycles. The van der Waals surface area contributed by atoms with Gasteiger partial charge in [0.05, 0.1) is 13.0 Å². The highest BCUT2D eigenvalue weighted by Gasteiger charge is 2.36. The molecule has 0 aliphatic carbocycles. The quantitative estimate of drug-likeness (QED) is 0.428. The number of hydrogen-bond acceptors (Lipinski definition) is 6. The molecule has 0 N–H and O–H groups in total. The lowest BCUT2D eigenvalue weighted by Crippen LogP contribution is -2.27. The summed E-state index contributed by atoms with van der Waals surface area (Å²) in [5.41, 5.74) is 2.21. The van der Waals surface area contributed by atoms with Crippen LogP contribution in [0.4, 0.5) is 0 Å². The monoisotopic (exact) mass is 391 g/mol. The highest BCUT2D eigenvalue weighted by atomic mass is 32.2. The molecule has 0 amide bonds. The van der Waals surface area contributed by atoms with Gasteiger partial charge in [0, 0.05) is 21.5 Å². The Balaban J connectivity index is 2.15. The molecule has 0 saturated heterocycles. The molecule has 0 saturated carbocycles. The van der Waals surface area contributed by atoms with Crippen LogP contribution in [-0.4, -0.2) is 24.3 Å². The zero-order valence-corrected chi connectivity index (χ0v) is 16.0. The Kier molecular flexibility index (Phi) is 5.98. The van der Waals surface area contributed by atoms with Gasteiger partial charge >= 0.3 is 0 Å². The van der Waals surface area contributed by atoms with Crippen molar-refractivity contribution in [1.82, 2.24) is 0 Å². The SMILES string of the molecule is COc1ccc(C(C[N+](=O)[O-])[C@@H]2CSc3ccccc3C2=C(C#N)C#N)cc1. The van der Waals surface area contributed by atoms with E-state index in [0.717, 1.165) is 16.0 Å². The number of methoxy groups -OCH3 is 1. The minimum absolute atomic E-state index is 0.0135. The lowest BCUT2D eigenvalue weighted by molar-refractivity contribution is -0.484. The van der Waals surface area contributed by atoms with Gasteiger partial charge in [0.15, 0.2) is 0 Å². The van der Waals surface area contributed by atoms with E-state index >= 15 is 0 Å². The van der Waals surface area contributed by atoms with Crippen molar-refractivity contribution in [3.8, 4) is 17.9 Å². The van der Waals surface area contributed by atoms with Gasteiger partial charge in [-0.2, -0.15) is 10.5 Å². The molecular weight excluding hydrogens is 374 g/mol. The number of nitrogens with zero attached hydrogens (tertiary/aromatic N) is 3. The number of benzene rings is 2.